The molecule has 0 spiro atoms. The number of rotatable bonds is 7. The van der Waals surface area contributed by atoms with Gasteiger partial charge >= 0.3 is 0 Å². The minimum atomic E-state index is -0.627. The molecule has 1 N–H and O–H groups in total. The van der Waals surface area contributed by atoms with E-state index < -0.39 is 29.4 Å². The highest BCUT2D eigenvalue weighted by molar-refractivity contribution is 8.18. The van der Waals surface area contributed by atoms with Crippen molar-refractivity contribution >= 4 is 63.8 Å². The van der Waals surface area contributed by atoms with E-state index >= 15 is 0 Å². The van der Waals surface area contributed by atoms with Gasteiger partial charge in [-0.25, -0.2) is 4.39 Å². The molecule has 0 aromatic heterocycles. The zero-order valence-electron chi connectivity index (χ0n) is 18.0. The predicted octanol–water partition coefficient (Wildman–Crippen LogP) is 6.39. The number of hydrogen-bond donors (Lipinski definition) is 1. The Morgan fingerprint density at radius 2 is 1.80 bits per heavy atom. The van der Waals surface area contributed by atoms with Gasteiger partial charge in [0, 0.05) is 16.3 Å². The molecule has 0 radical (unpaired) electrons. The number of carbonyl (C=O) groups is 3. The molecule has 4 rings (SSSR count). The zero-order chi connectivity index (χ0) is 24.9. The van der Waals surface area contributed by atoms with Crippen LogP contribution in [0.4, 0.5) is 14.9 Å². The van der Waals surface area contributed by atoms with Gasteiger partial charge in [0.1, 0.15) is 24.7 Å². The van der Waals surface area contributed by atoms with E-state index in [0.29, 0.717) is 16.3 Å². The molecule has 1 aliphatic rings. The Bertz CT molecular complexity index is 1330. The number of anilines is 1. The van der Waals surface area contributed by atoms with Gasteiger partial charge in [-0.2, -0.15) is 0 Å². The lowest BCUT2D eigenvalue weighted by Gasteiger charge is -2.13. The summed E-state index contributed by atoms with van der Waals surface area (Å²) in [5.74, 6) is -1.32. The topological polar surface area (TPSA) is 75.7 Å². The summed E-state index contributed by atoms with van der Waals surface area (Å²) in [5, 5.41) is 2.38. The third-order valence-electron chi connectivity index (χ3n) is 4.89. The molecule has 1 fully saturated rings. The van der Waals surface area contributed by atoms with Crippen LogP contribution in [0.15, 0.2) is 71.6 Å². The van der Waals surface area contributed by atoms with Gasteiger partial charge in [0.05, 0.1) is 9.93 Å². The molecular formula is C25H17Cl2FN2O4S. The molecular weight excluding hydrogens is 514 g/mol. The number of carbonyl (C=O) groups excluding carboxylic acids is 3. The molecule has 1 heterocycles. The van der Waals surface area contributed by atoms with E-state index in [4.69, 9.17) is 27.9 Å². The summed E-state index contributed by atoms with van der Waals surface area (Å²) in [6.07, 6.45) is 1.56. The van der Waals surface area contributed by atoms with E-state index in [1.54, 1.807) is 42.5 Å². The Morgan fingerprint density at radius 1 is 1.06 bits per heavy atom. The van der Waals surface area contributed by atoms with E-state index in [-0.39, 0.29) is 22.2 Å². The fraction of sp³-hybridized carbons (Fsp3) is 0.0800. The molecule has 3 aromatic rings. The molecule has 3 amide bonds. The van der Waals surface area contributed by atoms with Crippen molar-refractivity contribution in [1.82, 2.24) is 4.90 Å². The first-order valence-electron chi connectivity index (χ1n) is 10.3. The Labute approximate surface area is 214 Å². The van der Waals surface area contributed by atoms with E-state index in [1.165, 1.54) is 12.1 Å². The van der Waals surface area contributed by atoms with Crippen LogP contribution in [0, 0.1) is 5.82 Å². The molecule has 6 nitrogen and oxygen atoms in total. The number of nitrogens with one attached hydrogen (secondary N) is 1. The second kappa shape index (κ2) is 10.9. The van der Waals surface area contributed by atoms with Crippen molar-refractivity contribution in [3.8, 4) is 5.75 Å². The molecule has 10 heteroatoms. The number of imide groups is 1. The van der Waals surface area contributed by atoms with E-state index in [0.717, 1.165) is 28.3 Å². The predicted molar refractivity (Wildman–Crippen MR) is 135 cm³/mol. The summed E-state index contributed by atoms with van der Waals surface area (Å²) in [5.41, 5.74) is 1.77. The Balaban J connectivity index is 1.44. The fourth-order valence-corrected chi connectivity index (χ4v) is 4.30. The summed E-state index contributed by atoms with van der Waals surface area (Å²) < 4.78 is 19.2. The van der Waals surface area contributed by atoms with E-state index in [9.17, 15) is 18.8 Å². The number of halogens is 3. The van der Waals surface area contributed by atoms with Crippen molar-refractivity contribution in [3.05, 3.63) is 98.6 Å². The van der Waals surface area contributed by atoms with Crippen molar-refractivity contribution in [2.75, 3.05) is 11.9 Å². The monoisotopic (exact) mass is 530 g/mol. The highest BCUT2D eigenvalue weighted by atomic mass is 35.5. The van der Waals surface area contributed by atoms with Gasteiger partial charge in [0.2, 0.25) is 5.91 Å². The molecule has 0 unspecified atom stereocenters. The van der Waals surface area contributed by atoms with Crippen LogP contribution in [0.3, 0.4) is 0 Å². The average molecular weight is 531 g/mol. The Morgan fingerprint density at radius 3 is 2.54 bits per heavy atom. The fourth-order valence-electron chi connectivity index (χ4n) is 3.17. The minimum absolute atomic E-state index is 0.158. The van der Waals surface area contributed by atoms with Gasteiger partial charge in [-0.3, -0.25) is 19.3 Å². The quantitative estimate of drug-likeness (QED) is 0.358. The summed E-state index contributed by atoms with van der Waals surface area (Å²) in [7, 11) is 0. The van der Waals surface area contributed by atoms with Crippen molar-refractivity contribution < 1.29 is 23.5 Å². The SMILES string of the molecule is O=C(CN1C(=O)S/C(=C/c2ccccc2OCc2ccc(Cl)cc2)C1=O)Nc1ccc(F)c(Cl)c1. The number of thioether (sulfide) groups is 1. The standard InChI is InChI=1S/C25H17Cl2FN2O4S/c26-17-7-5-15(6-8-17)14-34-21-4-2-1-3-16(21)11-22-24(32)30(25(33)35-22)13-23(31)29-18-9-10-20(28)19(27)12-18/h1-12H,13-14H2,(H,29,31)/b22-11+. The summed E-state index contributed by atoms with van der Waals surface area (Å²) in [6.45, 7) is -0.206. The molecule has 0 saturated carbocycles. The Kier molecular flexibility index (Phi) is 7.75. The lowest BCUT2D eigenvalue weighted by molar-refractivity contribution is -0.127. The van der Waals surface area contributed by atoms with Crippen LogP contribution in [-0.2, 0) is 16.2 Å². The van der Waals surface area contributed by atoms with Crippen LogP contribution in [0.1, 0.15) is 11.1 Å². The zero-order valence-corrected chi connectivity index (χ0v) is 20.3. The number of nitrogens with zero attached hydrogens (tertiary/aromatic N) is 1. The maximum Gasteiger partial charge on any atom is 0.294 e. The Hall–Kier alpha value is -3.33. The third-order valence-corrected chi connectivity index (χ3v) is 6.34. The number of benzene rings is 3. The molecule has 0 bridgehead atoms. The number of hydrogen-bond acceptors (Lipinski definition) is 5. The molecule has 178 valence electrons. The molecule has 0 aliphatic carbocycles. The van der Waals surface area contributed by atoms with Gasteiger partial charge in [0.15, 0.2) is 0 Å². The van der Waals surface area contributed by atoms with Crippen LogP contribution >= 0.6 is 35.0 Å². The summed E-state index contributed by atoms with van der Waals surface area (Å²) >= 11 is 12.4. The molecule has 35 heavy (non-hydrogen) atoms. The van der Waals surface area contributed by atoms with Crippen LogP contribution in [0.5, 0.6) is 5.75 Å². The van der Waals surface area contributed by atoms with Gasteiger partial charge in [0.25, 0.3) is 11.1 Å². The van der Waals surface area contributed by atoms with Crippen LogP contribution in [0.25, 0.3) is 6.08 Å². The first kappa shape index (κ1) is 24.8. The normalized spacial score (nSPS) is 14.5. The van der Waals surface area contributed by atoms with Crippen molar-refractivity contribution in [3.63, 3.8) is 0 Å². The number of para-hydroxylation sites is 1. The minimum Gasteiger partial charge on any atom is -0.488 e. The van der Waals surface area contributed by atoms with Crippen molar-refractivity contribution in [2.45, 2.75) is 6.61 Å². The van der Waals surface area contributed by atoms with Crippen molar-refractivity contribution in [2.24, 2.45) is 0 Å². The second-order valence-corrected chi connectivity index (χ2v) is 9.23. The highest BCUT2D eigenvalue weighted by Crippen LogP contribution is 2.34. The molecule has 3 aromatic carbocycles. The second-order valence-electron chi connectivity index (χ2n) is 7.40. The van der Waals surface area contributed by atoms with E-state index in [2.05, 4.69) is 5.32 Å². The average Bonchev–Trinajstić information content (AvgIpc) is 3.09. The maximum absolute atomic E-state index is 13.3. The maximum atomic E-state index is 13.3. The first-order valence-corrected chi connectivity index (χ1v) is 11.8. The first-order chi connectivity index (χ1) is 16.8. The molecule has 1 aliphatic heterocycles. The van der Waals surface area contributed by atoms with Gasteiger partial charge < -0.3 is 10.1 Å². The number of amides is 3. The van der Waals surface area contributed by atoms with E-state index in [1.807, 2.05) is 12.1 Å². The number of ether oxygens (including phenoxy) is 1. The van der Waals surface area contributed by atoms with Crippen molar-refractivity contribution in [1.29, 1.82) is 0 Å². The lowest BCUT2D eigenvalue weighted by Crippen LogP contribution is -2.36. The van der Waals surface area contributed by atoms with Gasteiger partial charge in [-0.1, -0.05) is 53.5 Å². The van der Waals surface area contributed by atoms with Crippen LogP contribution < -0.4 is 10.1 Å². The van der Waals surface area contributed by atoms with Gasteiger partial charge in [-0.05, 0) is 59.8 Å². The largest absolute Gasteiger partial charge is 0.488 e. The smallest absolute Gasteiger partial charge is 0.294 e. The lowest BCUT2D eigenvalue weighted by atomic mass is 10.1. The molecule has 1 saturated heterocycles. The van der Waals surface area contributed by atoms with Gasteiger partial charge in [-0.15, -0.1) is 0 Å². The molecule has 0 atom stereocenters. The highest BCUT2D eigenvalue weighted by Gasteiger charge is 2.36. The summed E-state index contributed by atoms with van der Waals surface area (Å²) in [6, 6.07) is 18.0. The summed E-state index contributed by atoms with van der Waals surface area (Å²) in [4.78, 5) is 38.6. The van der Waals surface area contributed by atoms with Crippen LogP contribution in [0.2, 0.25) is 10.0 Å². The van der Waals surface area contributed by atoms with Crippen LogP contribution in [-0.4, -0.2) is 28.5 Å². The third kappa shape index (κ3) is 6.22.